The summed E-state index contributed by atoms with van der Waals surface area (Å²) < 4.78 is 47.0. The maximum atomic E-state index is 12.8. The molecule has 1 heterocycles. The van der Waals surface area contributed by atoms with Crippen LogP contribution in [-0.2, 0) is 21.4 Å². The zero-order valence-corrected chi connectivity index (χ0v) is 18.5. The zero-order chi connectivity index (χ0) is 24.4. The predicted octanol–water partition coefficient (Wildman–Crippen LogP) is 3.50. The van der Waals surface area contributed by atoms with Gasteiger partial charge in [-0.05, 0) is 61.0 Å². The van der Waals surface area contributed by atoms with Gasteiger partial charge in [-0.2, -0.15) is 8.42 Å². The number of benzene rings is 2. The van der Waals surface area contributed by atoms with Crippen molar-refractivity contribution in [3.8, 4) is 0 Å². The van der Waals surface area contributed by atoms with Gasteiger partial charge in [0.2, 0.25) is 0 Å². The van der Waals surface area contributed by atoms with Crippen LogP contribution < -0.4 is 22.1 Å². The van der Waals surface area contributed by atoms with Crippen LogP contribution in [-0.4, -0.2) is 30.7 Å². The van der Waals surface area contributed by atoms with Crippen LogP contribution in [0.1, 0.15) is 12.5 Å². The summed E-state index contributed by atoms with van der Waals surface area (Å²) in [7, 11) is -4.08. The average Bonchev–Trinajstić information content (AvgIpc) is 2.75. The van der Waals surface area contributed by atoms with Gasteiger partial charge in [-0.15, -0.1) is 0 Å². The van der Waals surface area contributed by atoms with Crippen LogP contribution in [0.2, 0.25) is 0 Å². The SMILES string of the molecule is CCOC(=O)Nc1ccc(NCc2ccc(F)cc2)nc1N.Nc1ccc(S(=O)(=O)O)cc1. The van der Waals surface area contributed by atoms with Gasteiger partial charge >= 0.3 is 6.09 Å². The van der Waals surface area contributed by atoms with Crippen LogP contribution in [0.25, 0.3) is 0 Å². The van der Waals surface area contributed by atoms with Crippen LogP contribution in [0.3, 0.4) is 0 Å². The second kappa shape index (κ2) is 11.6. The predicted molar refractivity (Wildman–Crippen MR) is 124 cm³/mol. The topological polar surface area (TPSA) is 170 Å². The standard InChI is InChI=1S/C15H17FN4O2.C6H7NO3S/c1-2-22-15(21)19-12-7-8-13(20-14(12)17)18-9-10-3-5-11(16)6-4-10;7-5-1-3-6(4-2-5)11(8,9)10/h3-8H,2,9H2,1H3,(H,19,21)(H3,17,18,20);1-4H,7H2,(H,8,9,10). The van der Waals surface area contributed by atoms with Gasteiger partial charge in [0, 0.05) is 12.2 Å². The maximum Gasteiger partial charge on any atom is 0.411 e. The Labute approximate surface area is 190 Å². The summed E-state index contributed by atoms with van der Waals surface area (Å²) in [5.74, 6) is 0.453. The van der Waals surface area contributed by atoms with E-state index in [9.17, 15) is 17.6 Å². The number of nitrogens with two attached hydrogens (primary N) is 2. The molecule has 0 spiro atoms. The molecule has 7 N–H and O–H groups in total. The summed E-state index contributed by atoms with van der Waals surface area (Å²) in [5.41, 5.74) is 12.8. The number of amides is 1. The molecule has 12 heteroatoms. The van der Waals surface area contributed by atoms with Crippen molar-refractivity contribution in [3.05, 3.63) is 72.0 Å². The quantitative estimate of drug-likeness (QED) is 0.263. The van der Waals surface area contributed by atoms with E-state index in [-0.39, 0.29) is 23.1 Å². The fraction of sp³-hybridized carbons (Fsp3) is 0.143. The first-order chi connectivity index (χ1) is 15.6. The largest absolute Gasteiger partial charge is 0.450 e. The molecule has 1 amide bonds. The van der Waals surface area contributed by atoms with Crippen molar-refractivity contribution in [2.45, 2.75) is 18.4 Å². The summed E-state index contributed by atoms with van der Waals surface area (Å²) >= 11 is 0. The third kappa shape index (κ3) is 8.63. The van der Waals surface area contributed by atoms with Crippen molar-refractivity contribution in [2.75, 3.05) is 28.7 Å². The van der Waals surface area contributed by atoms with Crippen LogP contribution in [0.15, 0.2) is 65.6 Å². The Morgan fingerprint density at radius 3 is 2.24 bits per heavy atom. The van der Waals surface area contributed by atoms with Crippen LogP contribution in [0, 0.1) is 5.82 Å². The smallest absolute Gasteiger partial charge is 0.411 e. The van der Waals surface area contributed by atoms with E-state index in [1.807, 2.05) is 0 Å². The van der Waals surface area contributed by atoms with Crippen LogP contribution in [0.5, 0.6) is 0 Å². The van der Waals surface area contributed by atoms with Crippen molar-refractivity contribution < 1.29 is 26.9 Å². The van der Waals surface area contributed by atoms with Crippen molar-refractivity contribution in [3.63, 3.8) is 0 Å². The van der Waals surface area contributed by atoms with E-state index >= 15 is 0 Å². The number of carbonyl (C=O) groups is 1. The van der Waals surface area contributed by atoms with Crippen LogP contribution in [0.4, 0.5) is 32.2 Å². The highest BCUT2D eigenvalue weighted by molar-refractivity contribution is 7.85. The Morgan fingerprint density at radius 2 is 1.70 bits per heavy atom. The summed E-state index contributed by atoms with van der Waals surface area (Å²) in [6.07, 6.45) is -0.581. The molecule has 0 aliphatic carbocycles. The first kappa shape index (κ1) is 25.4. The normalized spacial score (nSPS) is 10.5. The van der Waals surface area contributed by atoms with E-state index in [1.54, 1.807) is 31.2 Å². The van der Waals surface area contributed by atoms with Gasteiger partial charge in [0.1, 0.15) is 17.5 Å². The number of carbonyl (C=O) groups excluding carboxylic acids is 1. The Kier molecular flexibility index (Phi) is 8.95. The fourth-order valence-electron chi connectivity index (χ4n) is 2.39. The van der Waals surface area contributed by atoms with E-state index in [0.29, 0.717) is 23.7 Å². The number of hydrogen-bond acceptors (Lipinski definition) is 8. The minimum atomic E-state index is -4.08. The third-order valence-electron chi connectivity index (χ3n) is 4.00. The number of pyridine rings is 1. The highest BCUT2D eigenvalue weighted by Crippen LogP contribution is 2.19. The number of halogens is 1. The molecule has 3 aromatic rings. The zero-order valence-electron chi connectivity index (χ0n) is 17.7. The van der Waals surface area contributed by atoms with Gasteiger partial charge < -0.3 is 21.5 Å². The summed E-state index contributed by atoms with van der Waals surface area (Å²) in [4.78, 5) is 15.3. The molecule has 1 aromatic heterocycles. The molecule has 0 bridgehead atoms. The first-order valence-corrected chi connectivity index (χ1v) is 11.0. The molecule has 0 aliphatic rings. The van der Waals surface area contributed by atoms with Crippen LogP contribution >= 0.6 is 0 Å². The van der Waals surface area contributed by atoms with Crippen molar-refractivity contribution in [1.29, 1.82) is 0 Å². The minimum absolute atomic E-state index is 0.147. The van der Waals surface area contributed by atoms with E-state index in [2.05, 4.69) is 15.6 Å². The molecule has 0 saturated heterocycles. The lowest BCUT2D eigenvalue weighted by atomic mass is 10.2. The lowest BCUT2D eigenvalue weighted by Crippen LogP contribution is -2.15. The number of hydrogen-bond donors (Lipinski definition) is 5. The lowest BCUT2D eigenvalue weighted by molar-refractivity contribution is 0.168. The number of rotatable bonds is 6. The Balaban J connectivity index is 0.000000294. The average molecular weight is 478 g/mol. The first-order valence-electron chi connectivity index (χ1n) is 9.60. The van der Waals surface area contributed by atoms with Gasteiger partial charge in [-0.25, -0.2) is 14.2 Å². The van der Waals surface area contributed by atoms with Gasteiger partial charge in [0.15, 0.2) is 0 Å². The Hall–Kier alpha value is -3.90. The molecule has 0 fully saturated rings. The van der Waals surface area contributed by atoms with Crippen molar-refractivity contribution in [2.24, 2.45) is 0 Å². The number of nitrogens with one attached hydrogen (secondary N) is 2. The second-order valence-corrected chi connectivity index (χ2v) is 7.92. The monoisotopic (exact) mass is 477 g/mol. The number of anilines is 4. The van der Waals surface area contributed by atoms with Gasteiger partial charge in [-0.1, -0.05) is 12.1 Å². The number of aromatic nitrogens is 1. The van der Waals surface area contributed by atoms with E-state index in [4.69, 9.17) is 20.8 Å². The van der Waals surface area contributed by atoms with E-state index < -0.39 is 16.2 Å². The highest BCUT2D eigenvalue weighted by atomic mass is 32.2. The molecule has 10 nitrogen and oxygen atoms in total. The molecule has 0 aliphatic heterocycles. The molecule has 0 unspecified atom stereocenters. The van der Waals surface area contributed by atoms with Gasteiger partial charge in [0.05, 0.1) is 17.2 Å². The van der Waals surface area contributed by atoms with Crippen molar-refractivity contribution >= 4 is 39.2 Å². The third-order valence-corrected chi connectivity index (χ3v) is 4.87. The van der Waals surface area contributed by atoms with E-state index in [0.717, 1.165) is 5.56 Å². The number of ether oxygens (including phenoxy) is 1. The molecule has 0 radical (unpaired) electrons. The summed E-state index contributed by atoms with van der Waals surface area (Å²) in [6.45, 7) is 2.47. The molecule has 0 saturated carbocycles. The molecule has 3 rings (SSSR count). The molecule has 33 heavy (non-hydrogen) atoms. The van der Waals surface area contributed by atoms with E-state index in [1.165, 1.54) is 36.4 Å². The molecular weight excluding hydrogens is 453 g/mol. The van der Waals surface area contributed by atoms with Gasteiger partial charge in [0.25, 0.3) is 10.1 Å². The molecular formula is C21H24FN5O5S. The number of nitrogens with zero attached hydrogens (tertiary/aromatic N) is 1. The summed E-state index contributed by atoms with van der Waals surface area (Å²) in [6, 6.07) is 14.8. The summed E-state index contributed by atoms with van der Waals surface area (Å²) in [5, 5.41) is 5.57. The number of nitrogen functional groups attached to an aromatic ring is 2. The second-order valence-electron chi connectivity index (χ2n) is 6.50. The minimum Gasteiger partial charge on any atom is -0.450 e. The fourth-order valence-corrected chi connectivity index (χ4v) is 2.87. The highest BCUT2D eigenvalue weighted by Gasteiger charge is 2.08. The van der Waals surface area contributed by atoms with Gasteiger partial charge in [-0.3, -0.25) is 9.87 Å². The molecule has 176 valence electrons. The lowest BCUT2D eigenvalue weighted by Gasteiger charge is -2.10. The maximum absolute atomic E-state index is 12.8. The van der Waals surface area contributed by atoms with Crippen molar-refractivity contribution in [1.82, 2.24) is 4.98 Å². The Bertz CT molecular complexity index is 1170. The molecule has 0 atom stereocenters. The Morgan fingerprint density at radius 1 is 1.06 bits per heavy atom. The molecule has 2 aromatic carbocycles.